The lowest BCUT2D eigenvalue weighted by Crippen LogP contribution is -1.98. The smallest absolute Gasteiger partial charge is 0.126 e. The van der Waals surface area contributed by atoms with Crippen LogP contribution in [-0.2, 0) is 0 Å². The molecule has 0 aliphatic carbocycles. The average Bonchev–Trinajstić information content (AvgIpc) is 2.28. The third kappa shape index (κ3) is 2.88. The van der Waals surface area contributed by atoms with E-state index in [0.29, 0.717) is 5.92 Å². The lowest BCUT2D eigenvalue weighted by atomic mass is 9.95. The van der Waals surface area contributed by atoms with Gasteiger partial charge >= 0.3 is 0 Å². The minimum Gasteiger partial charge on any atom is -0.497 e. The molecule has 1 rings (SSSR count). The van der Waals surface area contributed by atoms with E-state index in [4.69, 9.17) is 9.47 Å². The molecule has 0 radical (unpaired) electrons. The van der Waals surface area contributed by atoms with E-state index in [2.05, 4.69) is 19.9 Å². The quantitative estimate of drug-likeness (QED) is 0.736. The van der Waals surface area contributed by atoms with Crippen LogP contribution in [0.1, 0.15) is 38.2 Å². The minimum atomic E-state index is 0.538. The van der Waals surface area contributed by atoms with Gasteiger partial charge in [0.05, 0.1) is 14.2 Å². The molecule has 15 heavy (non-hydrogen) atoms. The monoisotopic (exact) mass is 208 g/mol. The van der Waals surface area contributed by atoms with Crippen LogP contribution in [0, 0.1) is 0 Å². The standard InChI is InChI=1S/C13H20O2/c1-5-6-10(2)12-8-7-11(14-3)9-13(12)15-4/h7-10H,5-6H2,1-4H3. The molecule has 1 atom stereocenters. The van der Waals surface area contributed by atoms with Crippen molar-refractivity contribution in [1.29, 1.82) is 0 Å². The van der Waals surface area contributed by atoms with E-state index in [9.17, 15) is 0 Å². The molecule has 0 bridgehead atoms. The summed E-state index contributed by atoms with van der Waals surface area (Å²) < 4.78 is 10.5. The molecular weight excluding hydrogens is 188 g/mol. The van der Waals surface area contributed by atoms with Gasteiger partial charge in [0, 0.05) is 6.07 Å². The molecule has 2 nitrogen and oxygen atoms in total. The number of hydrogen-bond donors (Lipinski definition) is 0. The zero-order chi connectivity index (χ0) is 11.3. The maximum absolute atomic E-state index is 5.38. The van der Waals surface area contributed by atoms with E-state index in [1.165, 1.54) is 18.4 Å². The van der Waals surface area contributed by atoms with Crippen LogP contribution in [0.2, 0.25) is 0 Å². The third-order valence-corrected chi connectivity index (χ3v) is 2.69. The first-order valence-electron chi connectivity index (χ1n) is 5.44. The highest BCUT2D eigenvalue weighted by atomic mass is 16.5. The fourth-order valence-corrected chi connectivity index (χ4v) is 1.81. The summed E-state index contributed by atoms with van der Waals surface area (Å²) in [4.78, 5) is 0. The summed E-state index contributed by atoms with van der Waals surface area (Å²) in [5.74, 6) is 2.31. The van der Waals surface area contributed by atoms with Gasteiger partial charge in [-0.25, -0.2) is 0 Å². The van der Waals surface area contributed by atoms with E-state index in [1.807, 2.05) is 12.1 Å². The molecule has 84 valence electrons. The molecule has 1 aromatic rings. The van der Waals surface area contributed by atoms with Crippen molar-refractivity contribution < 1.29 is 9.47 Å². The lowest BCUT2D eigenvalue weighted by molar-refractivity contribution is 0.388. The van der Waals surface area contributed by atoms with Crippen LogP contribution < -0.4 is 9.47 Å². The molecular formula is C13H20O2. The highest BCUT2D eigenvalue weighted by Gasteiger charge is 2.11. The molecule has 0 N–H and O–H groups in total. The zero-order valence-electron chi connectivity index (χ0n) is 10.0. The Balaban J connectivity index is 2.96. The van der Waals surface area contributed by atoms with Crippen molar-refractivity contribution in [1.82, 2.24) is 0 Å². The van der Waals surface area contributed by atoms with Crippen molar-refractivity contribution in [2.75, 3.05) is 14.2 Å². The van der Waals surface area contributed by atoms with Crippen molar-refractivity contribution in [3.05, 3.63) is 23.8 Å². The van der Waals surface area contributed by atoms with Crippen LogP contribution in [0.3, 0.4) is 0 Å². The SMILES string of the molecule is CCCC(C)c1ccc(OC)cc1OC. The first kappa shape index (κ1) is 11.9. The number of benzene rings is 1. The summed E-state index contributed by atoms with van der Waals surface area (Å²) in [7, 11) is 3.38. The van der Waals surface area contributed by atoms with E-state index in [1.54, 1.807) is 14.2 Å². The van der Waals surface area contributed by atoms with Gasteiger partial charge in [0.25, 0.3) is 0 Å². The van der Waals surface area contributed by atoms with E-state index < -0.39 is 0 Å². The fourth-order valence-electron chi connectivity index (χ4n) is 1.81. The Bertz CT molecular complexity index is 307. The van der Waals surface area contributed by atoms with E-state index >= 15 is 0 Å². The number of ether oxygens (including phenoxy) is 2. The van der Waals surface area contributed by atoms with Gasteiger partial charge in [-0.2, -0.15) is 0 Å². The second kappa shape index (κ2) is 5.64. The second-order valence-corrected chi connectivity index (χ2v) is 3.80. The molecule has 0 fully saturated rings. The van der Waals surface area contributed by atoms with Gasteiger partial charge in [0.15, 0.2) is 0 Å². The number of rotatable bonds is 5. The summed E-state index contributed by atoms with van der Waals surface area (Å²) in [6, 6.07) is 6.03. The average molecular weight is 208 g/mol. The van der Waals surface area contributed by atoms with Crippen LogP contribution in [0.25, 0.3) is 0 Å². The van der Waals surface area contributed by atoms with Gasteiger partial charge in [0.2, 0.25) is 0 Å². The Morgan fingerprint density at radius 2 is 1.93 bits per heavy atom. The molecule has 0 aliphatic rings. The maximum Gasteiger partial charge on any atom is 0.126 e. The van der Waals surface area contributed by atoms with Gasteiger partial charge in [-0.05, 0) is 24.0 Å². The molecule has 0 aromatic heterocycles. The molecule has 1 aromatic carbocycles. The molecule has 0 aliphatic heterocycles. The van der Waals surface area contributed by atoms with E-state index in [0.717, 1.165) is 11.5 Å². The van der Waals surface area contributed by atoms with Gasteiger partial charge in [0.1, 0.15) is 11.5 Å². The molecule has 0 heterocycles. The first-order chi connectivity index (χ1) is 7.22. The molecule has 0 amide bonds. The van der Waals surface area contributed by atoms with Crippen molar-refractivity contribution in [3.63, 3.8) is 0 Å². The fraction of sp³-hybridized carbons (Fsp3) is 0.538. The normalized spacial score (nSPS) is 12.3. The largest absolute Gasteiger partial charge is 0.497 e. The van der Waals surface area contributed by atoms with Gasteiger partial charge < -0.3 is 9.47 Å². The van der Waals surface area contributed by atoms with Crippen LogP contribution in [-0.4, -0.2) is 14.2 Å². The predicted octanol–water partition coefficient (Wildman–Crippen LogP) is 3.61. The highest BCUT2D eigenvalue weighted by Crippen LogP contribution is 2.32. The van der Waals surface area contributed by atoms with Gasteiger partial charge in [-0.1, -0.05) is 26.3 Å². The van der Waals surface area contributed by atoms with E-state index in [-0.39, 0.29) is 0 Å². The number of hydrogen-bond acceptors (Lipinski definition) is 2. The van der Waals surface area contributed by atoms with Crippen LogP contribution in [0.4, 0.5) is 0 Å². The summed E-state index contributed by atoms with van der Waals surface area (Å²) in [5, 5.41) is 0. The summed E-state index contributed by atoms with van der Waals surface area (Å²) >= 11 is 0. The van der Waals surface area contributed by atoms with Crippen LogP contribution in [0.15, 0.2) is 18.2 Å². The van der Waals surface area contributed by atoms with Crippen molar-refractivity contribution in [3.8, 4) is 11.5 Å². The van der Waals surface area contributed by atoms with Crippen molar-refractivity contribution in [2.24, 2.45) is 0 Å². The third-order valence-electron chi connectivity index (χ3n) is 2.69. The summed E-state index contributed by atoms with van der Waals surface area (Å²) in [6.07, 6.45) is 2.37. The second-order valence-electron chi connectivity index (χ2n) is 3.80. The summed E-state index contributed by atoms with van der Waals surface area (Å²) in [6.45, 7) is 4.43. The Labute approximate surface area is 92.2 Å². The Kier molecular flexibility index (Phi) is 4.47. The molecule has 0 saturated heterocycles. The molecule has 1 unspecified atom stereocenters. The first-order valence-corrected chi connectivity index (χ1v) is 5.44. The maximum atomic E-state index is 5.38. The Morgan fingerprint density at radius 1 is 1.20 bits per heavy atom. The van der Waals surface area contributed by atoms with Gasteiger partial charge in [-0.3, -0.25) is 0 Å². The molecule has 0 saturated carbocycles. The summed E-state index contributed by atoms with van der Waals surface area (Å²) in [5.41, 5.74) is 1.26. The van der Waals surface area contributed by atoms with Crippen LogP contribution in [0.5, 0.6) is 11.5 Å². The molecule has 2 heteroatoms. The highest BCUT2D eigenvalue weighted by molar-refractivity contribution is 5.42. The number of methoxy groups -OCH3 is 2. The predicted molar refractivity (Wildman–Crippen MR) is 62.9 cm³/mol. The molecule has 0 spiro atoms. The zero-order valence-corrected chi connectivity index (χ0v) is 10.0. The minimum absolute atomic E-state index is 0.538. The topological polar surface area (TPSA) is 18.5 Å². The van der Waals surface area contributed by atoms with Crippen molar-refractivity contribution in [2.45, 2.75) is 32.6 Å². The van der Waals surface area contributed by atoms with Gasteiger partial charge in [-0.15, -0.1) is 0 Å². The van der Waals surface area contributed by atoms with Crippen molar-refractivity contribution >= 4 is 0 Å². The Morgan fingerprint density at radius 3 is 2.47 bits per heavy atom. The Hall–Kier alpha value is -1.18. The van der Waals surface area contributed by atoms with Crippen LogP contribution >= 0.6 is 0 Å². The lowest BCUT2D eigenvalue weighted by Gasteiger charge is -2.15.